The third-order valence-corrected chi connectivity index (χ3v) is 1.66. The van der Waals surface area contributed by atoms with E-state index in [1.807, 2.05) is 30.3 Å². The van der Waals surface area contributed by atoms with Gasteiger partial charge in [-0.1, -0.05) is 31.2 Å². The summed E-state index contributed by atoms with van der Waals surface area (Å²) in [5, 5.41) is 0. The van der Waals surface area contributed by atoms with E-state index in [4.69, 9.17) is 4.74 Å². The molecule has 1 aromatic rings. The molecule has 13 heavy (non-hydrogen) atoms. The van der Waals surface area contributed by atoms with Crippen LogP contribution in [-0.2, 0) is 0 Å². The smallest absolute Gasteiger partial charge is 0.119 e. The van der Waals surface area contributed by atoms with E-state index in [0.717, 1.165) is 24.3 Å². The lowest BCUT2D eigenvalue weighted by molar-refractivity contribution is 0.317. The second-order valence-electron chi connectivity index (χ2n) is 2.82. The SMILES string of the molecule is [CH2]/C=C/c1ccc(OCCC)cc1. The number of hydrogen-bond donors (Lipinski definition) is 0. The van der Waals surface area contributed by atoms with E-state index in [-0.39, 0.29) is 0 Å². The molecule has 0 spiro atoms. The van der Waals surface area contributed by atoms with Gasteiger partial charge in [0.05, 0.1) is 6.61 Å². The van der Waals surface area contributed by atoms with Gasteiger partial charge in [-0.3, -0.25) is 0 Å². The molecule has 0 aliphatic carbocycles. The topological polar surface area (TPSA) is 9.23 Å². The molecule has 0 bridgehead atoms. The number of benzene rings is 1. The normalized spacial score (nSPS) is 10.6. The molecule has 1 rings (SSSR count). The van der Waals surface area contributed by atoms with Crippen LogP contribution in [0.2, 0.25) is 0 Å². The van der Waals surface area contributed by atoms with Crippen molar-refractivity contribution in [2.45, 2.75) is 13.3 Å². The number of ether oxygens (including phenoxy) is 1. The van der Waals surface area contributed by atoms with Crippen LogP contribution >= 0.6 is 0 Å². The Morgan fingerprint density at radius 1 is 1.31 bits per heavy atom. The van der Waals surface area contributed by atoms with E-state index in [9.17, 15) is 0 Å². The Kier molecular flexibility index (Phi) is 4.10. The molecule has 0 atom stereocenters. The highest BCUT2D eigenvalue weighted by Crippen LogP contribution is 2.13. The predicted molar refractivity (Wildman–Crippen MR) is 56.6 cm³/mol. The average molecular weight is 175 g/mol. The minimum atomic E-state index is 0.782. The van der Waals surface area contributed by atoms with Gasteiger partial charge in [0.2, 0.25) is 0 Å². The van der Waals surface area contributed by atoms with Gasteiger partial charge >= 0.3 is 0 Å². The zero-order valence-corrected chi connectivity index (χ0v) is 7.99. The second kappa shape index (κ2) is 5.41. The summed E-state index contributed by atoms with van der Waals surface area (Å²) < 4.78 is 5.45. The third-order valence-electron chi connectivity index (χ3n) is 1.66. The molecule has 0 amide bonds. The molecular formula is C12H15O. The summed E-state index contributed by atoms with van der Waals surface area (Å²) in [4.78, 5) is 0. The van der Waals surface area contributed by atoms with Gasteiger partial charge in [-0.15, -0.1) is 0 Å². The van der Waals surface area contributed by atoms with Crippen LogP contribution in [0.4, 0.5) is 0 Å². The van der Waals surface area contributed by atoms with Crippen molar-refractivity contribution in [3.05, 3.63) is 42.8 Å². The summed E-state index contributed by atoms with van der Waals surface area (Å²) in [5.41, 5.74) is 1.15. The molecular weight excluding hydrogens is 160 g/mol. The maximum Gasteiger partial charge on any atom is 0.119 e. The molecule has 1 nitrogen and oxygen atoms in total. The maximum absolute atomic E-state index is 5.45. The highest BCUT2D eigenvalue weighted by atomic mass is 16.5. The van der Waals surface area contributed by atoms with Crippen molar-refractivity contribution in [1.82, 2.24) is 0 Å². The van der Waals surface area contributed by atoms with Crippen molar-refractivity contribution in [2.24, 2.45) is 0 Å². The Hall–Kier alpha value is -1.24. The molecule has 0 aliphatic heterocycles. The molecule has 1 aromatic carbocycles. The quantitative estimate of drug-likeness (QED) is 0.682. The first kappa shape index (κ1) is 9.85. The predicted octanol–water partition coefficient (Wildman–Crippen LogP) is 3.32. The zero-order valence-electron chi connectivity index (χ0n) is 7.99. The van der Waals surface area contributed by atoms with Gasteiger partial charge in [0.15, 0.2) is 0 Å². The molecule has 0 saturated carbocycles. The Bertz CT molecular complexity index is 259. The lowest BCUT2D eigenvalue weighted by Gasteiger charge is -2.03. The first-order valence-corrected chi connectivity index (χ1v) is 4.55. The summed E-state index contributed by atoms with van der Waals surface area (Å²) in [5.74, 6) is 0.933. The zero-order chi connectivity index (χ0) is 9.52. The second-order valence-corrected chi connectivity index (χ2v) is 2.82. The largest absolute Gasteiger partial charge is 0.494 e. The molecule has 0 heterocycles. The fraction of sp³-hybridized carbons (Fsp3) is 0.250. The van der Waals surface area contributed by atoms with Crippen molar-refractivity contribution >= 4 is 6.08 Å². The molecule has 1 heteroatoms. The van der Waals surface area contributed by atoms with Crippen molar-refractivity contribution in [3.8, 4) is 5.75 Å². The van der Waals surface area contributed by atoms with Crippen LogP contribution in [0.15, 0.2) is 30.3 Å². The minimum absolute atomic E-state index is 0.782. The molecule has 69 valence electrons. The lowest BCUT2D eigenvalue weighted by Crippen LogP contribution is -1.94. The van der Waals surface area contributed by atoms with Gasteiger partial charge in [-0.05, 0) is 31.0 Å². The Morgan fingerprint density at radius 3 is 2.54 bits per heavy atom. The van der Waals surface area contributed by atoms with E-state index in [1.165, 1.54) is 0 Å². The van der Waals surface area contributed by atoms with Crippen LogP contribution in [0.3, 0.4) is 0 Å². The monoisotopic (exact) mass is 175 g/mol. The van der Waals surface area contributed by atoms with Gasteiger partial charge in [-0.2, -0.15) is 0 Å². The summed E-state index contributed by atoms with van der Waals surface area (Å²) in [6, 6.07) is 8.00. The van der Waals surface area contributed by atoms with Gasteiger partial charge in [0, 0.05) is 0 Å². The van der Waals surface area contributed by atoms with E-state index >= 15 is 0 Å². The van der Waals surface area contributed by atoms with Crippen LogP contribution in [0.25, 0.3) is 6.08 Å². The molecule has 0 aliphatic rings. The van der Waals surface area contributed by atoms with Crippen LogP contribution in [0, 0.1) is 6.92 Å². The van der Waals surface area contributed by atoms with Gasteiger partial charge in [0.1, 0.15) is 5.75 Å². The van der Waals surface area contributed by atoms with Crippen molar-refractivity contribution in [3.63, 3.8) is 0 Å². The van der Waals surface area contributed by atoms with E-state index in [0.29, 0.717) is 0 Å². The molecule has 0 unspecified atom stereocenters. The van der Waals surface area contributed by atoms with Crippen LogP contribution in [0.1, 0.15) is 18.9 Å². The van der Waals surface area contributed by atoms with Crippen molar-refractivity contribution in [1.29, 1.82) is 0 Å². The number of rotatable bonds is 4. The summed E-state index contributed by atoms with van der Waals surface area (Å²) in [6.07, 6.45) is 4.78. The van der Waals surface area contributed by atoms with Crippen LogP contribution < -0.4 is 4.74 Å². The van der Waals surface area contributed by atoms with Crippen LogP contribution in [0.5, 0.6) is 5.75 Å². The molecule has 0 fully saturated rings. The Morgan fingerprint density at radius 2 is 2.00 bits per heavy atom. The summed E-state index contributed by atoms with van der Waals surface area (Å²) in [7, 11) is 0. The Balaban J connectivity index is 2.58. The maximum atomic E-state index is 5.45. The first-order chi connectivity index (χ1) is 6.36. The fourth-order valence-electron chi connectivity index (χ4n) is 1.03. The average Bonchev–Trinajstić information content (AvgIpc) is 2.17. The van der Waals surface area contributed by atoms with Crippen molar-refractivity contribution in [2.75, 3.05) is 6.61 Å². The molecule has 0 N–H and O–H groups in total. The van der Waals surface area contributed by atoms with Gasteiger partial charge < -0.3 is 4.74 Å². The van der Waals surface area contributed by atoms with E-state index in [2.05, 4.69) is 13.8 Å². The summed E-state index contributed by atoms with van der Waals surface area (Å²) >= 11 is 0. The lowest BCUT2D eigenvalue weighted by atomic mass is 10.2. The number of hydrogen-bond acceptors (Lipinski definition) is 1. The Labute approximate surface area is 80.0 Å². The first-order valence-electron chi connectivity index (χ1n) is 4.55. The van der Waals surface area contributed by atoms with Gasteiger partial charge in [0.25, 0.3) is 0 Å². The number of allylic oxidation sites excluding steroid dienone is 1. The highest BCUT2D eigenvalue weighted by Gasteiger charge is 1.91. The van der Waals surface area contributed by atoms with Gasteiger partial charge in [-0.25, -0.2) is 0 Å². The third kappa shape index (κ3) is 3.32. The van der Waals surface area contributed by atoms with E-state index in [1.54, 1.807) is 6.08 Å². The standard InChI is InChI=1S/C12H15O/c1-3-5-11-6-8-12(9-7-11)13-10-4-2/h3,5-9H,1,4,10H2,2H3/b5-3+. The highest BCUT2D eigenvalue weighted by molar-refractivity contribution is 5.50. The van der Waals surface area contributed by atoms with Crippen molar-refractivity contribution < 1.29 is 4.74 Å². The minimum Gasteiger partial charge on any atom is -0.494 e. The molecule has 1 radical (unpaired) electrons. The summed E-state index contributed by atoms with van der Waals surface area (Å²) in [6.45, 7) is 6.52. The van der Waals surface area contributed by atoms with Crippen LogP contribution in [-0.4, -0.2) is 6.61 Å². The fourth-order valence-corrected chi connectivity index (χ4v) is 1.03. The molecule has 0 saturated heterocycles. The van der Waals surface area contributed by atoms with E-state index < -0.39 is 0 Å². The molecule has 0 aromatic heterocycles.